The first-order valence-electron chi connectivity index (χ1n) is 2.87. The summed E-state index contributed by atoms with van der Waals surface area (Å²) in [5.41, 5.74) is 0. The van der Waals surface area contributed by atoms with Crippen molar-refractivity contribution in [3.05, 3.63) is 18.4 Å². The van der Waals surface area contributed by atoms with Gasteiger partial charge in [-0.25, -0.2) is 0 Å². The number of hydrogen-bond acceptors (Lipinski definition) is 1. The standard InChI is InChI=1S/C7H13S/c1-3-4-5-6-7-8-2/h3,7H,1,4-6H2,2H3. The molecule has 0 aromatic heterocycles. The van der Waals surface area contributed by atoms with Gasteiger partial charge in [-0.1, -0.05) is 6.08 Å². The molecular formula is C7H13S. The van der Waals surface area contributed by atoms with Crippen LogP contribution in [0.3, 0.4) is 0 Å². The van der Waals surface area contributed by atoms with Crippen molar-refractivity contribution >= 4 is 11.8 Å². The molecule has 0 amide bonds. The molecule has 0 rings (SSSR count). The maximum Gasteiger partial charge on any atom is 0.0163 e. The lowest BCUT2D eigenvalue weighted by Gasteiger charge is -1.91. The second-order valence-corrected chi connectivity index (χ2v) is 2.43. The summed E-state index contributed by atoms with van der Waals surface area (Å²) in [5, 5.41) is 0. The van der Waals surface area contributed by atoms with Crippen molar-refractivity contribution in [2.24, 2.45) is 0 Å². The fraction of sp³-hybridized carbons (Fsp3) is 0.571. The lowest BCUT2D eigenvalue weighted by atomic mass is 10.2. The SMILES string of the molecule is C=CCCC[CH]SC. The molecule has 8 heavy (non-hydrogen) atoms. The van der Waals surface area contributed by atoms with E-state index in [2.05, 4.69) is 18.6 Å². The van der Waals surface area contributed by atoms with Gasteiger partial charge in [-0.2, -0.15) is 11.8 Å². The van der Waals surface area contributed by atoms with Crippen LogP contribution in [0.25, 0.3) is 0 Å². The average molecular weight is 129 g/mol. The zero-order valence-corrected chi connectivity index (χ0v) is 6.21. The van der Waals surface area contributed by atoms with Crippen LogP contribution >= 0.6 is 11.8 Å². The second-order valence-electron chi connectivity index (χ2n) is 1.62. The highest BCUT2D eigenvalue weighted by Crippen LogP contribution is 2.07. The van der Waals surface area contributed by atoms with Crippen LogP contribution in [0.1, 0.15) is 19.3 Å². The molecule has 0 fully saturated rings. The van der Waals surface area contributed by atoms with Gasteiger partial charge >= 0.3 is 0 Å². The Morgan fingerprint density at radius 1 is 1.50 bits per heavy atom. The van der Waals surface area contributed by atoms with Gasteiger partial charge in [0.05, 0.1) is 0 Å². The Morgan fingerprint density at radius 3 is 2.75 bits per heavy atom. The number of unbranched alkanes of at least 4 members (excludes halogenated alkanes) is 2. The quantitative estimate of drug-likeness (QED) is 0.406. The largest absolute Gasteiger partial charge is 0.161 e. The monoisotopic (exact) mass is 129 g/mol. The predicted octanol–water partition coefficient (Wildman–Crippen LogP) is 2.87. The minimum absolute atomic E-state index is 1.15. The molecule has 0 aromatic rings. The van der Waals surface area contributed by atoms with Crippen molar-refractivity contribution in [2.45, 2.75) is 19.3 Å². The molecule has 0 atom stereocenters. The number of thioether (sulfide) groups is 1. The van der Waals surface area contributed by atoms with E-state index < -0.39 is 0 Å². The molecule has 0 unspecified atom stereocenters. The summed E-state index contributed by atoms with van der Waals surface area (Å²) in [6, 6.07) is 0. The predicted molar refractivity (Wildman–Crippen MR) is 41.9 cm³/mol. The van der Waals surface area contributed by atoms with Crippen molar-refractivity contribution in [3.63, 3.8) is 0 Å². The Bertz CT molecular complexity index is 50.3. The van der Waals surface area contributed by atoms with Gasteiger partial charge in [0.15, 0.2) is 0 Å². The third-order valence-corrected chi connectivity index (χ3v) is 1.47. The average Bonchev–Trinajstić information content (AvgIpc) is 1.81. The van der Waals surface area contributed by atoms with Crippen molar-refractivity contribution in [1.82, 2.24) is 0 Å². The molecule has 0 aliphatic rings. The van der Waals surface area contributed by atoms with Gasteiger partial charge in [0.2, 0.25) is 0 Å². The fourth-order valence-electron chi connectivity index (χ4n) is 0.463. The summed E-state index contributed by atoms with van der Waals surface area (Å²) in [7, 11) is 0. The van der Waals surface area contributed by atoms with Crippen LogP contribution in [-0.2, 0) is 0 Å². The minimum Gasteiger partial charge on any atom is -0.161 e. The molecule has 0 aliphatic heterocycles. The normalized spacial score (nSPS) is 9.12. The van der Waals surface area contributed by atoms with E-state index in [0.29, 0.717) is 0 Å². The van der Waals surface area contributed by atoms with E-state index in [1.165, 1.54) is 12.8 Å². The van der Waals surface area contributed by atoms with E-state index in [4.69, 9.17) is 0 Å². The smallest absolute Gasteiger partial charge is 0.0163 e. The summed E-state index contributed by atoms with van der Waals surface area (Å²) in [6.45, 7) is 3.64. The Hall–Kier alpha value is 0.0900. The van der Waals surface area contributed by atoms with E-state index in [-0.39, 0.29) is 0 Å². The lowest BCUT2D eigenvalue weighted by molar-refractivity contribution is 0.859. The number of hydrogen-bond donors (Lipinski definition) is 0. The highest BCUT2D eigenvalue weighted by Gasteiger charge is 1.82. The topological polar surface area (TPSA) is 0 Å². The summed E-state index contributed by atoms with van der Waals surface area (Å²) in [5.74, 6) is 2.23. The molecule has 0 nitrogen and oxygen atoms in total. The highest BCUT2D eigenvalue weighted by molar-refractivity contribution is 8.00. The molecule has 0 heterocycles. The summed E-state index contributed by atoms with van der Waals surface area (Å²) in [4.78, 5) is 0. The zero-order chi connectivity index (χ0) is 6.24. The van der Waals surface area contributed by atoms with Gasteiger partial charge in [-0.05, 0) is 25.5 Å². The van der Waals surface area contributed by atoms with Gasteiger partial charge in [0, 0.05) is 5.75 Å². The van der Waals surface area contributed by atoms with Crippen LogP contribution in [0.4, 0.5) is 0 Å². The summed E-state index contributed by atoms with van der Waals surface area (Å²) < 4.78 is 0. The molecule has 0 aliphatic carbocycles. The first kappa shape index (κ1) is 8.09. The molecule has 0 spiro atoms. The molecule has 0 saturated heterocycles. The second kappa shape index (κ2) is 7.09. The zero-order valence-electron chi connectivity index (χ0n) is 5.39. The summed E-state index contributed by atoms with van der Waals surface area (Å²) >= 11 is 1.79. The van der Waals surface area contributed by atoms with Crippen molar-refractivity contribution in [1.29, 1.82) is 0 Å². The highest BCUT2D eigenvalue weighted by atomic mass is 32.2. The van der Waals surface area contributed by atoms with Gasteiger partial charge in [-0.3, -0.25) is 0 Å². The Balaban J connectivity index is 2.62. The molecule has 1 radical (unpaired) electrons. The van der Waals surface area contributed by atoms with Crippen molar-refractivity contribution in [3.8, 4) is 0 Å². The van der Waals surface area contributed by atoms with Crippen LogP contribution in [-0.4, -0.2) is 6.26 Å². The number of rotatable bonds is 5. The van der Waals surface area contributed by atoms with Crippen LogP contribution in [0.5, 0.6) is 0 Å². The van der Waals surface area contributed by atoms with Crippen LogP contribution < -0.4 is 0 Å². The van der Waals surface area contributed by atoms with E-state index in [0.717, 1.165) is 6.42 Å². The van der Waals surface area contributed by atoms with Gasteiger partial charge < -0.3 is 0 Å². The van der Waals surface area contributed by atoms with Crippen LogP contribution in [0.15, 0.2) is 12.7 Å². The third-order valence-electron chi connectivity index (χ3n) is 0.897. The van der Waals surface area contributed by atoms with E-state index in [1.807, 2.05) is 6.08 Å². The number of allylic oxidation sites excluding steroid dienone is 1. The van der Waals surface area contributed by atoms with Gasteiger partial charge in [0.25, 0.3) is 0 Å². The summed E-state index contributed by atoms with van der Waals surface area (Å²) in [6.07, 6.45) is 7.68. The first-order valence-corrected chi connectivity index (χ1v) is 4.16. The maximum atomic E-state index is 3.64. The van der Waals surface area contributed by atoms with E-state index >= 15 is 0 Å². The Morgan fingerprint density at radius 2 is 2.25 bits per heavy atom. The van der Waals surface area contributed by atoms with E-state index in [9.17, 15) is 0 Å². The molecule has 0 bridgehead atoms. The van der Waals surface area contributed by atoms with E-state index in [1.54, 1.807) is 11.8 Å². The van der Waals surface area contributed by atoms with Crippen molar-refractivity contribution in [2.75, 3.05) is 6.26 Å². The Labute approximate surface area is 56.4 Å². The molecule has 0 aromatic carbocycles. The molecule has 0 N–H and O–H groups in total. The fourth-order valence-corrected chi connectivity index (χ4v) is 0.866. The van der Waals surface area contributed by atoms with Crippen LogP contribution in [0.2, 0.25) is 0 Å². The molecule has 47 valence electrons. The first-order chi connectivity index (χ1) is 3.91. The minimum atomic E-state index is 1.15. The van der Waals surface area contributed by atoms with Gasteiger partial charge in [-0.15, -0.1) is 6.58 Å². The molecule has 1 heteroatoms. The van der Waals surface area contributed by atoms with Gasteiger partial charge in [0.1, 0.15) is 0 Å². The lowest BCUT2D eigenvalue weighted by Crippen LogP contribution is -1.69. The maximum absolute atomic E-state index is 3.64. The third kappa shape index (κ3) is 6.09. The Kier molecular flexibility index (Phi) is 7.17. The van der Waals surface area contributed by atoms with Crippen LogP contribution in [0, 0.1) is 5.75 Å². The van der Waals surface area contributed by atoms with Crippen molar-refractivity contribution < 1.29 is 0 Å². The molecular weight excluding hydrogens is 116 g/mol. The molecule has 0 saturated carbocycles.